The van der Waals surface area contributed by atoms with Crippen molar-refractivity contribution in [3.05, 3.63) is 35.4 Å². The maximum Gasteiger partial charge on any atom is 0.416 e. The highest BCUT2D eigenvalue weighted by Gasteiger charge is 2.30. The molecule has 9 heteroatoms. The van der Waals surface area contributed by atoms with E-state index in [9.17, 15) is 18.0 Å². The largest absolute Gasteiger partial charge is 0.416 e. The molecule has 0 aliphatic rings. The van der Waals surface area contributed by atoms with Gasteiger partial charge < -0.3 is 15.5 Å². The summed E-state index contributed by atoms with van der Waals surface area (Å²) in [6.07, 6.45) is -4.39. The molecule has 0 atom stereocenters. The van der Waals surface area contributed by atoms with E-state index in [1.165, 1.54) is 11.0 Å². The Balaban J connectivity index is 0.00000625. The second kappa shape index (κ2) is 9.98. The number of carbonyl (C=O) groups is 1. The molecule has 0 bridgehead atoms. The van der Waals surface area contributed by atoms with Crippen LogP contribution in [0.2, 0.25) is 0 Å². The fraction of sp³-hybridized carbons (Fsp3) is 0.529. The molecule has 0 unspecified atom stereocenters. The molecule has 2 N–H and O–H groups in total. The van der Waals surface area contributed by atoms with E-state index in [0.29, 0.717) is 11.5 Å². The molecule has 0 saturated carbocycles. The van der Waals surface area contributed by atoms with Gasteiger partial charge in [-0.3, -0.25) is 4.79 Å². The van der Waals surface area contributed by atoms with Gasteiger partial charge in [-0.1, -0.05) is 12.1 Å². The number of benzene rings is 1. The normalized spacial score (nSPS) is 12.2. The second-order valence-electron chi connectivity index (χ2n) is 6.88. The van der Waals surface area contributed by atoms with E-state index in [2.05, 4.69) is 15.6 Å². The molecule has 0 aliphatic carbocycles. The van der Waals surface area contributed by atoms with Crippen LogP contribution < -0.4 is 10.6 Å². The third kappa shape index (κ3) is 9.25. The van der Waals surface area contributed by atoms with E-state index in [-0.39, 0.29) is 48.5 Å². The van der Waals surface area contributed by atoms with Gasteiger partial charge in [0.1, 0.15) is 0 Å². The predicted molar refractivity (Wildman–Crippen MR) is 108 cm³/mol. The summed E-state index contributed by atoms with van der Waals surface area (Å²) in [6, 6.07) is 5.03. The van der Waals surface area contributed by atoms with Crippen LogP contribution in [0.25, 0.3) is 0 Å². The maximum absolute atomic E-state index is 12.8. The Morgan fingerprint density at radius 2 is 1.81 bits per heavy atom. The van der Waals surface area contributed by atoms with Crippen LogP contribution in [-0.4, -0.2) is 42.9 Å². The number of nitrogens with zero attached hydrogens (tertiary/aromatic N) is 2. The van der Waals surface area contributed by atoms with E-state index in [1.807, 2.05) is 20.8 Å². The molecule has 0 aromatic heterocycles. The molecule has 1 aromatic rings. The molecule has 0 fully saturated rings. The van der Waals surface area contributed by atoms with E-state index in [4.69, 9.17) is 0 Å². The number of carbonyl (C=O) groups excluding carboxylic acids is 1. The Hall–Kier alpha value is -1.52. The van der Waals surface area contributed by atoms with Gasteiger partial charge in [0.15, 0.2) is 5.96 Å². The highest BCUT2D eigenvalue weighted by Crippen LogP contribution is 2.29. The molecule has 1 aromatic carbocycles. The van der Waals surface area contributed by atoms with Crippen molar-refractivity contribution in [1.82, 2.24) is 15.5 Å². The number of hydrogen-bond acceptors (Lipinski definition) is 2. The van der Waals surface area contributed by atoms with Crippen LogP contribution >= 0.6 is 24.0 Å². The zero-order valence-corrected chi connectivity index (χ0v) is 17.9. The SMILES string of the molecule is CN(C)C(=O)CNC(=NCc1cccc(C(F)(F)F)c1)NC(C)(C)C.I. The third-order valence-electron chi connectivity index (χ3n) is 3.07. The molecule has 0 heterocycles. The van der Waals surface area contributed by atoms with E-state index in [0.717, 1.165) is 12.1 Å². The minimum atomic E-state index is -4.39. The van der Waals surface area contributed by atoms with Gasteiger partial charge in [0.25, 0.3) is 0 Å². The Labute approximate surface area is 169 Å². The van der Waals surface area contributed by atoms with Crippen LogP contribution in [-0.2, 0) is 17.5 Å². The molecule has 5 nitrogen and oxygen atoms in total. The lowest BCUT2D eigenvalue weighted by atomic mass is 10.1. The topological polar surface area (TPSA) is 56.7 Å². The van der Waals surface area contributed by atoms with Gasteiger partial charge in [0, 0.05) is 19.6 Å². The highest BCUT2D eigenvalue weighted by molar-refractivity contribution is 14.0. The Morgan fingerprint density at radius 3 is 2.31 bits per heavy atom. The van der Waals surface area contributed by atoms with Gasteiger partial charge >= 0.3 is 6.18 Å². The number of aliphatic imine (C=N–C) groups is 1. The van der Waals surface area contributed by atoms with Crippen molar-refractivity contribution < 1.29 is 18.0 Å². The summed E-state index contributed by atoms with van der Waals surface area (Å²) in [4.78, 5) is 17.4. The van der Waals surface area contributed by atoms with Crippen molar-refractivity contribution in [3.8, 4) is 0 Å². The summed E-state index contributed by atoms with van der Waals surface area (Å²) in [5.41, 5.74) is -0.592. The van der Waals surface area contributed by atoms with Crippen molar-refractivity contribution in [2.75, 3.05) is 20.6 Å². The lowest BCUT2D eigenvalue weighted by Gasteiger charge is -2.24. The number of amides is 1. The lowest BCUT2D eigenvalue weighted by molar-refractivity contribution is -0.137. The fourth-order valence-electron chi connectivity index (χ4n) is 1.83. The summed E-state index contributed by atoms with van der Waals surface area (Å²) in [5, 5.41) is 6.01. The molecular weight excluding hydrogens is 460 g/mol. The standard InChI is InChI=1S/C17H25F3N4O.HI/c1-16(2,3)23-15(22-11-14(25)24(4)5)21-10-12-7-6-8-13(9-12)17(18,19)20;/h6-9H,10-11H2,1-5H3,(H2,21,22,23);1H. The predicted octanol–water partition coefficient (Wildman–Crippen LogP) is 3.25. The van der Waals surface area contributed by atoms with Gasteiger partial charge in [-0.05, 0) is 38.5 Å². The molecule has 0 spiro atoms. The van der Waals surface area contributed by atoms with Gasteiger partial charge in [-0.25, -0.2) is 4.99 Å². The van der Waals surface area contributed by atoms with Crippen LogP contribution in [0, 0.1) is 0 Å². The van der Waals surface area contributed by atoms with Gasteiger partial charge in [0.05, 0.1) is 18.7 Å². The number of hydrogen-bond donors (Lipinski definition) is 2. The zero-order chi connectivity index (χ0) is 19.3. The van der Waals surface area contributed by atoms with Crippen molar-refractivity contribution in [1.29, 1.82) is 0 Å². The summed E-state index contributed by atoms with van der Waals surface area (Å²) in [7, 11) is 3.28. The average molecular weight is 486 g/mol. The third-order valence-corrected chi connectivity index (χ3v) is 3.07. The van der Waals surface area contributed by atoms with Crippen molar-refractivity contribution in [2.45, 2.75) is 39.0 Å². The summed E-state index contributed by atoms with van der Waals surface area (Å²) in [6.45, 7) is 5.86. The number of alkyl halides is 3. The Bertz CT molecular complexity index is 625. The zero-order valence-electron chi connectivity index (χ0n) is 15.6. The fourth-order valence-corrected chi connectivity index (χ4v) is 1.83. The molecule has 1 rings (SSSR count). The first kappa shape index (κ1) is 24.5. The van der Waals surface area contributed by atoms with Crippen LogP contribution in [0.3, 0.4) is 0 Å². The molecular formula is C17H26F3IN4O. The van der Waals surface area contributed by atoms with Gasteiger partial charge in [-0.15, -0.1) is 24.0 Å². The van der Waals surface area contributed by atoms with Gasteiger partial charge in [0.2, 0.25) is 5.91 Å². The molecule has 0 aliphatic heterocycles. The number of guanidine groups is 1. The maximum atomic E-state index is 12.8. The number of likely N-dealkylation sites (N-methyl/N-ethyl adjacent to an activating group) is 1. The highest BCUT2D eigenvalue weighted by atomic mass is 127. The first-order valence-electron chi connectivity index (χ1n) is 7.81. The van der Waals surface area contributed by atoms with Crippen LogP contribution in [0.5, 0.6) is 0 Å². The molecule has 0 saturated heterocycles. The summed E-state index contributed by atoms with van der Waals surface area (Å²) < 4.78 is 38.3. The Kier molecular flexibility index (Phi) is 9.40. The van der Waals surface area contributed by atoms with E-state index < -0.39 is 11.7 Å². The monoisotopic (exact) mass is 486 g/mol. The van der Waals surface area contributed by atoms with Crippen molar-refractivity contribution in [2.24, 2.45) is 4.99 Å². The van der Waals surface area contributed by atoms with Crippen LogP contribution in [0.4, 0.5) is 13.2 Å². The second-order valence-corrected chi connectivity index (χ2v) is 6.88. The first-order chi connectivity index (χ1) is 11.4. The van der Waals surface area contributed by atoms with Crippen molar-refractivity contribution >= 4 is 35.8 Å². The number of halogens is 4. The summed E-state index contributed by atoms with van der Waals surface area (Å²) >= 11 is 0. The van der Waals surface area contributed by atoms with Crippen LogP contribution in [0.1, 0.15) is 31.9 Å². The van der Waals surface area contributed by atoms with E-state index >= 15 is 0 Å². The smallest absolute Gasteiger partial charge is 0.352 e. The van der Waals surface area contributed by atoms with Gasteiger partial charge in [-0.2, -0.15) is 13.2 Å². The lowest BCUT2D eigenvalue weighted by Crippen LogP contribution is -2.49. The minimum absolute atomic E-state index is 0. The van der Waals surface area contributed by atoms with Crippen molar-refractivity contribution in [3.63, 3.8) is 0 Å². The molecule has 26 heavy (non-hydrogen) atoms. The average Bonchev–Trinajstić information content (AvgIpc) is 2.47. The van der Waals surface area contributed by atoms with E-state index in [1.54, 1.807) is 20.2 Å². The first-order valence-corrected chi connectivity index (χ1v) is 7.81. The quantitative estimate of drug-likeness (QED) is 0.391. The van der Waals surface area contributed by atoms with Crippen LogP contribution in [0.15, 0.2) is 29.3 Å². The molecule has 1 amide bonds. The number of rotatable bonds is 4. The number of nitrogens with one attached hydrogen (secondary N) is 2. The molecule has 148 valence electrons. The molecule has 0 radical (unpaired) electrons. The minimum Gasteiger partial charge on any atom is -0.352 e. The summed E-state index contributed by atoms with van der Waals surface area (Å²) in [5.74, 6) is 0.225. The Morgan fingerprint density at radius 1 is 1.19 bits per heavy atom.